The normalized spacial score (nSPS) is 20.7. The summed E-state index contributed by atoms with van der Waals surface area (Å²) in [5, 5.41) is 0. The molecule has 1 saturated heterocycles. The van der Waals surface area contributed by atoms with Crippen LogP contribution in [0.25, 0.3) is 0 Å². The Bertz CT molecular complexity index is 957. The summed E-state index contributed by atoms with van der Waals surface area (Å²) in [7, 11) is 1.68. The van der Waals surface area contributed by atoms with Crippen molar-refractivity contribution in [3.63, 3.8) is 0 Å². The molecule has 0 saturated carbocycles. The van der Waals surface area contributed by atoms with Crippen molar-refractivity contribution in [1.82, 2.24) is 4.90 Å². The summed E-state index contributed by atoms with van der Waals surface area (Å²) in [5.41, 5.74) is 2.85. The topological polar surface area (TPSA) is 54.5 Å². The lowest BCUT2D eigenvalue weighted by Crippen LogP contribution is -2.53. The van der Waals surface area contributed by atoms with E-state index >= 15 is 0 Å². The minimum atomic E-state index is -1.34. The van der Waals surface area contributed by atoms with Crippen LogP contribution in [-0.2, 0) is 20.1 Å². The number of amides is 1. The number of hydrogen-bond donors (Lipinski definition) is 0. The largest absolute Gasteiger partial charge is 0.497 e. The summed E-state index contributed by atoms with van der Waals surface area (Å²) in [5.74, 6) is -0.624. The second kappa shape index (κ2) is 8.34. The first-order chi connectivity index (χ1) is 15.2. The monoisotopic (exact) mass is 421 g/mol. The number of piperazine rings is 1. The molecular formula is C24H27N3O4. The van der Waals surface area contributed by atoms with Crippen LogP contribution in [0.2, 0.25) is 0 Å². The first-order valence-corrected chi connectivity index (χ1v) is 10.7. The van der Waals surface area contributed by atoms with Gasteiger partial charge in [-0.25, -0.2) is 0 Å². The summed E-state index contributed by atoms with van der Waals surface area (Å²) in [4.78, 5) is 20.0. The highest BCUT2D eigenvalue weighted by Crippen LogP contribution is 2.44. The zero-order valence-corrected chi connectivity index (χ0v) is 17.7. The molecule has 3 aliphatic heterocycles. The highest BCUT2D eigenvalue weighted by atomic mass is 16.7. The Hall–Kier alpha value is -2.87. The Labute approximate surface area is 182 Å². The Morgan fingerprint density at radius 3 is 2.29 bits per heavy atom. The number of nitrogens with zero attached hydrogens (tertiary/aromatic N) is 3. The SMILES string of the molecule is COc1ccc(N2CCN(CN3C(=O)C4(OCC=CCO4)c4ccccc43)CC2)cc1. The van der Waals surface area contributed by atoms with Gasteiger partial charge in [0.25, 0.3) is 11.7 Å². The van der Waals surface area contributed by atoms with E-state index in [1.807, 2.05) is 53.5 Å². The third-order valence-electron chi connectivity index (χ3n) is 6.16. The molecule has 2 aromatic rings. The Morgan fingerprint density at radius 2 is 1.61 bits per heavy atom. The molecular weight excluding hydrogens is 394 g/mol. The van der Waals surface area contributed by atoms with Gasteiger partial charge in [0, 0.05) is 37.4 Å². The second-order valence-corrected chi connectivity index (χ2v) is 7.90. The molecule has 0 bridgehead atoms. The predicted molar refractivity (Wildman–Crippen MR) is 118 cm³/mol. The standard InChI is InChI=1S/C24H27N3O4/c1-29-20-10-8-19(9-11-20)26-14-12-25(13-15-26)18-27-22-7-3-2-6-21(22)24(23(27)28)30-16-4-5-17-31-24/h2-11H,12-18H2,1H3. The van der Waals surface area contributed by atoms with Crippen molar-refractivity contribution in [3.05, 3.63) is 66.2 Å². The summed E-state index contributed by atoms with van der Waals surface area (Å²) in [6, 6.07) is 15.9. The smallest absolute Gasteiger partial charge is 0.293 e. The fraction of sp³-hybridized carbons (Fsp3) is 0.375. The van der Waals surface area contributed by atoms with E-state index in [-0.39, 0.29) is 5.91 Å². The Balaban J connectivity index is 1.29. The molecule has 162 valence electrons. The molecule has 5 rings (SSSR count). The molecule has 3 heterocycles. The molecule has 3 aliphatic rings. The molecule has 31 heavy (non-hydrogen) atoms. The van der Waals surface area contributed by atoms with Crippen molar-refractivity contribution in [3.8, 4) is 5.75 Å². The number of rotatable bonds is 4. The van der Waals surface area contributed by atoms with Crippen LogP contribution >= 0.6 is 0 Å². The molecule has 0 N–H and O–H groups in total. The summed E-state index contributed by atoms with van der Waals surface area (Å²) >= 11 is 0. The third kappa shape index (κ3) is 3.59. The molecule has 0 unspecified atom stereocenters. The summed E-state index contributed by atoms with van der Waals surface area (Å²) < 4.78 is 17.2. The number of para-hydroxylation sites is 1. The number of benzene rings is 2. The maximum Gasteiger partial charge on any atom is 0.293 e. The van der Waals surface area contributed by atoms with Gasteiger partial charge >= 0.3 is 0 Å². The predicted octanol–water partition coefficient (Wildman–Crippen LogP) is 2.58. The van der Waals surface area contributed by atoms with Gasteiger partial charge < -0.3 is 19.1 Å². The van der Waals surface area contributed by atoms with E-state index in [2.05, 4.69) is 21.9 Å². The van der Waals surface area contributed by atoms with Gasteiger partial charge in [0.1, 0.15) is 5.75 Å². The number of fused-ring (bicyclic) bond motifs is 2. The third-order valence-corrected chi connectivity index (χ3v) is 6.16. The molecule has 7 heteroatoms. The van der Waals surface area contributed by atoms with Crippen molar-refractivity contribution >= 4 is 17.3 Å². The second-order valence-electron chi connectivity index (χ2n) is 7.90. The average molecular weight is 421 g/mol. The van der Waals surface area contributed by atoms with E-state index in [1.165, 1.54) is 5.69 Å². The van der Waals surface area contributed by atoms with Crippen LogP contribution in [0.15, 0.2) is 60.7 Å². The molecule has 0 atom stereocenters. The first-order valence-electron chi connectivity index (χ1n) is 10.7. The van der Waals surface area contributed by atoms with Crippen molar-refractivity contribution in [2.75, 3.05) is 63.0 Å². The molecule has 1 amide bonds. The highest BCUT2D eigenvalue weighted by Gasteiger charge is 2.54. The van der Waals surface area contributed by atoms with Crippen LogP contribution in [-0.4, -0.2) is 64.0 Å². The van der Waals surface area contributed by atoms with E-state index < -0.39 is 5.79 Å². The van der Waals surface area contributed by atoms with Gasteiger partial charge in [0.2, 0.25) is 0 Å². The lowest BCUT2D eigenvalue weighted by Gasteiger charge is -2.38. The van der Waals surface area contributed by atoms with Crippen molar-refractivity contribution in [2.24, 2.45) is 0 Å². The fourth-order valence-electron chi connectivity index (χ4n) is 4.46. The van der Waals surface area contributed by atoms with E-state index in [9.17, 15) is 4.79 Å². The Kier molecular flexibility index (Phi) is 5.40. The lowest BCUT2D eigenvalue weighted by atomic mass is 10.1. The average Bonchev–Trinajstić information content (AvgIpc) is 2.98. The fourth-order valence-corrected chi connectivity index (χ4v) is 4.46. The van der Waals surface area contributed by atoms with E-state index in [1.54, 1.807) is 7.11 Å². The zero-order chi connectivity index (χ0) is 21.3. The van der Waals surface area contributed by atoms with E-state index in [0.717, 1.165) is 43.2 Å². The van der Waals surface area contributed by atoms with Gasteiger partial charge in [-0.1, -0.05) is 30.4 Å². The molecule has 0 aromatic heterocycles. The molecule has 1 spiro atoms. The van der Waals surface area contributed by atoms with Crippen LogP contribution in [0.3, 0.4) is 0 Å². The molecule has 1 fully saturated rings. The van der Waals surface area contributed by atoms with Crippen LogP contribution < -0.4 is 14.5 Å². The minimum Gasteiger partial charge on any atom is -0.497 e. The number of carbonyl (C=O) groups is 1. The van der Waals surface area contributed by atoms with Crippen LogP contribution in [0.5, 0.6) is 5.75 Å². The molecule has 2 aromatic carbocycles. The van der Waals surface area contributed by atoms with Gasteiger partial charge in [-0.3, -0.25) is 14.6 Å². The van der Waals surface area contributed by atoms with Gasteiger partial charge in [0.15, 0.2) is 0 Å². The van der Waals surface area contributed by atoms with E-state index in [4.69, 9.17) is 14.2 Å². The summed E-state index contributed by atoms with van der Waals surface area (Å²) in [6.07, 6.45) is 3.79. The van der Waals surface area contributed by atoms with Gasteiger partial charge in [-0.15, -0.1) is 0 Å². The number of anilines is 2. The van der Waals surface area contributed by atoms with Crippen molar-refractivity contribution in [2.45, 2.75) is 5.79 Å². The highest BCUT2D eigenvalue weighted by molar-refractivity contribution is 6.06. The number of carbonyl (C=O) groups excluding carboxylic acids is 1. The maximum absolute atomic E-state index is 13.5. The van der Waals surface area contributed by atoms with Gasteiger partial charge in [0.05, 0.1) is 32.7 Å². The van der Waals surface area contributed by atoms with Crippen molar-refractivity contribution < 1.29 is 19.0 Å². The quantitative estimate of drug-likeness (QED) is 0.708. The maximum atomic E-state index is 13.5. The molecule has 0 aliphatic carbocycles. The zero-order valence-electron chi connectivity index (χ0n) is 17.7. The van der Waals surface area contributed by atoms with E-state index in [0.29, 0.717) is 19.9 Å². The lowest BCUT2D eigenvalue weighted by molar-refractivity contribution is -0.220. The van der Waals surface area contributed by atoms with Crippen LogP contribution in [0, 0.1) is 0 Å². The molecule has 7 nitrogen and oxygen atoms in total. The number of hydrogen-bond acceptors (Lipinski definition) is 6. The minimum absolute atomic E-state index is 0.144. The number of ether oxygens (including phenoxy) is 3. The van der Waals surface area contributed by atoms with Gasteiger partial charge in [-0.05, 0) is 30.3 Å². The van der Waals surface area contributed by atoms with Gasteiger partial charge in [-0.2, -0.15) is 0 Å². The van der Waals surface area contributed by atoms with Crippen molar-refractivity contribution in [1.29, 1.82) is 0 Å². The Morgan fingerprint density at radius 1 is 0.935 bits per heavy atom. The van der Waals surface area contributed by atoms with Crippen LogP contribution in [0.1, 0.15) is 5.56 Å². The molecule has 0 radical (unpaired) electrons. The van der Waals surface area contributed by atoms with Crippen LogP contribution in [0.4, 0.5) is 11.4 Å². The summed E-state index contributed by atoms with van der Waals surface area (Å²) in [6.45, 7) is 4.77. The number of methoxy groups -OCH3 is 1. The first kappa shape index (κ1) is 20.1.